The molecular weight excluding hydrogens is 627 g/mol. The lowest BCUT2D eigenvalue weighted by atomic mass is 9.84. The molecule has 5 N–H and O–H groups in total. The van der Waals surface area contributed by atoms with Crippen LogP contribution in [0.3, 0.4) is 0 Å². The Labute approximate surface area is 277 Å². The molecule has 1 saturated carbocycles. The van der Waals surface area contributed by atoms with Crippen molar-refractivity contribution in [1.82, 2.24) is 15.6 Å². The van der Waals surface area contributed by atoms with E-state index in [1.54, 1.807) is 24.3 Å². The Balaban J connectivity index is 1.11. The van der Waals surface area contributed by atoms with Gasteiger partial charge in [-0.15, -0.1) is 0 Å². The fourth-order valence-electron chi connectivity index (χ4n) is 6.31. The van der Waals surface area contributed by atoms with Crippen LogP contribution < -0.4 is 21.7 Å². The maximum atomic E-state index is 15.0. The van der Waals surface area contributed by atoms with Gasteiger partial charge in [0.05, 0.1) is 42.8 Å². The molecule has 10 nitrogen and oxygen atoms in total. The standard InChI is InChI=1S/C35H40F3N5O5/c36-23-9-5-21(6-10-23)29(22-7-11-24(37)12-8-22)15-33(44)42-32-18-40-17-30(38)27(32)14-13-26-16-41-25(19-47-26)20-48-35(46)43-31-4-2-1-3-28(31)34(39)45/h5-12,17-18,25-26,28-29,31,41H,1-4,13-16,19-20H2,(H2,39,45)(H,42,44)(H,43,46)/t25-,26+,28-,31?/m0/s1. The monoisotopic (exact) mass is 667 g/mol. The molecule has 2 aromatic carbocycles. The summed E-state index contributed by atoms with van der Waals surface area (Å²) in [7, 11) is 0. The van der Waals surface area contributed by atoms with Gasteiger partial charge < -0.3 is 31.2 Å². The van der Waals surface area contributed by atoms with E-state index in [-0.39, 0.29) is 55.5 Å². The van der Waals surface area contributed by atoms with Crippen LogP contribution in [0, 0.1) is 23.4 Å². The van der Waals surface area contributed by atoms with Gasteiger partial charge >= 0.3 is 6.09 Å². The van der Waals surface area contributed by atoms with E-state index in [0.29, 0.717) is 36.9 Å². The molecule has 0 bridgehead atoms. The number of benzene rings is 2. The minimum atomic E-state index is -0.610. The van der Waals surface area contributed by atoms with E-state index < -0.39 is 47.2 Å². The van der Waals surface area contributed by atoms with E-state index >= 15 is 0 Å². The number of nitrogens with zero attached hydrogens (tertiary/aromatic N) is 1. The van der Waals surface area contributed by atoms with Crippen LogP contribution in [-0.4, -0.2) is 60.8 Å². The van der Waals surface area contributed by atoms with Crippen LogP contribution in [0.25, 0.3) is 0 Å². The average molecular weight is 668 g/mol. The molecule has 256 valence electrons. The second kappa shape index (κ2) is 16.6. The van der Waals surface area contributed by atoms with Crippen molar-refractivity contribution in [2.75, 3.05) is 25.1 Å². The number of amides is 3. The van der Waals surface area contributed by atoms with E-state index in [1.807, 2.05) is 0 Å². The van der Waals surface area contributed by atoms with Gasteiger partial charge in [-0.3, -0.25) is 14.6 Å². The molecule has 4 atom stereocenters. The van der Waals surface area contributed by atoms with Gasteiger partial charge in [-0.25, -0.2) is 18.0 Å². The number of alkyl carbamates (subject to hydrolysis) is 1. The molecule has 13 heteroatoms. The Hall–Kier alpha value is -4.49. The number of carbonyl (C=O) groups excluding carboxylic acids is 3. The molecule has 2 heterocycles. The molecule has 0 spiro atoms. The highest BCUT2D eigenvalue weighted by molar-refractivity contribution is 5.92. The molecule has 0 radical (unpaired) electrons. The molecule has 1 aliphatic carbocycles. The van der Waals surface area contributed by atoms with Crippen molar-refractivity contribution in [3.63, 3.8) is 0 Å². The van der Waals surface area contributed by atoms with Crippen LogP contribution in [0.2, 0.25) is 0 Å². The highest BCUT2D eigenvalue weighted by atomic mass is 19.1. The summed E-state index contributed by atoms with van der Waals surface area (Å²) in [6.45, 7) is 0.772. The molecule has 2 aliphatic rings. The number of hydrogen-bond donors (Lipinski definition) is 4. The zero-order valence-corrected chi connectivity index (χ0v) is 26.4. The molecule has 1 aromatic heterocycles. The zero-order valence-electron chi connectivity index (χ0n) is 26.4. The van der Waals surface area contributed by atoms with Crippen molar-refractivity contribution in [3.8, 4) is 0 Å². The lowest BCUT2D eigenvalue weighted by molar-refractivity contribution is -0.123. The van der Waals surface area contributed by atoms with Crippen molar-refractivity contribution < 1.29 is 37.0 Å². The molecule has 5 rings (SSSR count). The number of morpholine rings is 1. The summed E-state index contributed by atoms with van der Waals surface area (Å²) in [4.78, 5) is 41.3. The van der Waals surface area contributed by atoms with Crippen LogP contribution in [0.4, 0.5) is 23.7 Å². The van der Waals surface area contributed by atoms with Crippen molar-refractivity contribution in [2.24, 2.45) is 11.7 Å². The maximum Gasteiger partial charge on any atom is 0.407 e. The van der Waals surface area contributed by atoms with E-state index in [0.717, 1.165) is 19.0 Å². The summed E-state index contributed by atoms with van der Waals surface area (Å²) >= 11 is 0. The first-order valence-electron chi connectivity index (χ1n) is 16.2. The number of nitrogens with one attached hydrogen (secondary N) is 3. The Morgan fingerprint density at radius 2 is 1.65 bits per heavy atom. The van der Waals surface area contributed by atoms with Gasteiger partial charge in [-0.2, -0.15) is 0 Å². The number of ether oxygens (including phenoxy) is 2. The molecular formula is C35H40F3N5O5. The summed E-state index contributed by atoms with van der Waals surface area (Å²) < 4.78 is 53.5. The number of anilines is 1. The normalized spacial score (nSPS) is 21.0. The number of hydrogen-bond acceptors (Lipinski definition) is 7. The predicted octanol–water partition coefficient (Wildman–Crippen LogP) is 4.72. The van der Waals surface area contributed by atoms with Gasteiger partial charge in [0.2, 0.25) is 11.8 Å². The van der Waals surface area contributed by atoms with E-state index in [4.69, 9.17) is 15.2 Å². The molecule has 3 amide bonds. The number of primary amides is 1. The van der Waals surface area contributed by atoms with E-state index in [1.165, 1.54) is 30.5 Å². The second-order valence-corrected chi connectivity index (χ2v) is 12.3. The number of carbonyl (C=O) groups is 3. The molecule has 2 fully saturated rings. The third-order valence-electron chi connectivity index (χ3n) is 8.95. The van der Waals surface area contributed by atoms with Crippen LogP contribution in [0.1, 0.15) is 61.1 Å². The smallest absolute Gasteiger partial charge is 0.407 e. The molecule has 1 aliphatic heterocycles. The van der Waals surface area contributed by atoms with Crippen molar-refractivity contribution in [2.45, 2.75) is 69.1 Å². The van der Waals surface area contributed by atoms with Gasteiger partial charge in [-0.1, -0.05) is 37.1 Å². The summed E-state index contributed by atoms with van der Waals surface area (Å²) in [5.74, 6) is -3.15. The topological polar surface area (TPSA) is 145 Å². The number of aromatic nitrogens is 1. The summed E-state index contributed by atoms with van der Waals surface area (Å²) in [6, 6.07) is 10.9. The van der Waals surface area contributed by atoms with Gasteiger partial charge in [0.1, 0.15) is 24.1 Å². The largest absolute Gasteiger partial charge is 0.448 e. The first-order chi connectivity index (χ1) is 23.2. The van der Waals surface area contributed by atoms with Gasteiger partial charge in [0, 0.05) is 30.5 Å². The Morgan fingerprint density at radius 1 is 0.979 bits per heavy atom. The Morgan fingerprint density at radius 3 is 2.27 bits per heavy atom. The Kier molecular flexibility index (Phi) is 12.0. The number of pyridine rings is 1. The number of nitrogens with two attached hydrogens (primary N) is 1. The molecule has 1 saturated heterocycles. The summed E-state index contributed by atoms with van der Waals surface area (Å²) in [5.41, 5.74) is 7.33. The first kappa shape index (κ1) is 34.8. The van der Waals surface area contributed by atoms with Crippen molar-refractivity contribution in [1.29, 1.82) is 0 Å². The summed E-state index contributed by atoms with van der Waals surface area (Å²) in [5, 5.41) is 8.83. The molecule has 1 unspecified atom stereocenters. The number of rotatable bonds is 12. The predicted molar refractivity (Wildman–Crippen MR) is 171 cm³/mol. The third kappa shape index (κ3) is 9.54. The van der Waals surface area contributed by atoms with Gasteiger partial charge in [0.25, 0.3) is 0 Å². The fourth-order valence-corrected chi connectivity index (χ4v) is 6.31. The Bertz CT molecular complexity index is 1510. The van der Waals surface area contributed by atoms with Crippen LogP contribution in [0.5, 0.6) is 0 Å². The maximum absolute atomic E-state index is 15.0. The van der Waals surface area contributed by atoms with E-state index in [2.05, 4.69) is 20.9 Å². The van der Waals surface area contributed by atoms with Crippen molar-refractivity contribution >= 4 is 23.6 Å². The van der Waals surface area contributed by atoms with Gasteiger partial charge in [0.15, 0.2) is 0 Å². The molecule has 48 heavy (non-hydrogen) atoms. The van der Waals surface area contributed by atoms with E-state index in [9.17, 15) is 27.6 Å². The SMILES string of the molecule is NC(=O)[C@H]1CCCCC1NC(=O)OC[C@@H]1CO[C@H](CCc2c(F)cncc2NC(=O)CC(c2ccc(F)cc2)c2ccc(F)cc2)CN1. The highest BCUT2D eigenvalue weighted by Crippen LogP contribution is 2.30. The van der Waals surface area contributed by atoms with Crippen molar-refractivity contribution in [3.05, 3.63) is 95.1 Å². The second-order valence-electron chi connectivity index (χ2n) is 12.3. The first-order valence-corrected chi connectivity index (χ1v) is 16.2. The zero-order chi connectivity index (χ0) is 34.0. The molecule has 3 aromatic rings. The van der Waals surface area contributed by atoms with Crippen LogP contribution in [0.15, 0.2) is 60.9 Å². The number of halogens is 3. The lowest BCUT2D eigenvalue weighted by Gasteiger charge is -2.31. The average Bonchev–Trinajstić information content (AvgIpc) is 3.07. The fraction of sp³-hybridized carbons (Fsp3) is 0.429. The van der Waals surface area contributed by atoms with Gasteiger partial charge in [-0.05, 0) is 61.1 Å². The summed E-state index contributed by atoms with van der Waals surface area (Å²) in [6.07, 6.45) is 5.35. The third-order valence-corrected chi connectivity index (χ3v) is 8.95. The van der Waals surface area contributed by atoms with Crippen LogP contribution in [-0.2, 0) is 25.5 Å². The highest BCUT2D eigenvalue weighted by Gasteiger charge is 2.31. The quantitative estimate of drug-likeness (QED) is 0.219. The lowest BCUT2D eigenvalue weighted by Crippen LogP contribution is -2.51. The van der Waals surface area contributed by atoms with Crippen LogP contribution >= 0.6 is 0 Å². The minimum absolute atomic E-state index is 0.0588. The minimum Gasteiger partial charge on any atom is -0.448 e.